The van der Waals surface area contributed by atoms with Gasteiger partial charge < -0.3 is 0 Å². The Hall–Kier alpha value is -0.750. The minimum absolute atomic E-state index is 0. The summed E-state index contributed by atoms with van der Waals surface area (Å²) in [4.78, 5) is 0. The zero-order valence-corrected chi connectivity index (χ0v) is 5.84. The van der Waals surface area contributed by atoms with Crippen LogP contribution in [-0.2, 0) is 0 Å². The molecule has 1 aliphatic rings. The third-order valence-electron chi connectivity index (χ3n) is 0.889. The topological polar surface area (TPSA) is 0 Å². The molecule has 0 aliphatic heterocycles. The summed E-state index contributed by atoms with van der Waals surface area (Å²) in [6.45, 7) is 0. The van der Waals surface area contributed by atoms with Crippen molar-refractivity contribution in [2.24, 2.45) is 0 Å². The van der Waals surface area contributed by atoms with Crippen LogP contribution in [-0.4, -0.2) is 0 Å². The quantitative estimate of drug-likeness (QED) is 0.485. The van der Waals surface area contributed by atoms with Crippen LogP contribution in [0.15, 0.2) is 48.6 Å². The van der Waals surface area contributed by atoms with Gasteiger partial charge in [-0.2, -0.15) is 0 Å². The van der Waals surface area contributed by atoms with Gasteiger partial charge in [-0.1, -0.05) is 48.6 Å². The van der Waals surface area contributed by atoms with Crippen LogP contribution in [0.5, 0.6) is 0 Å². The Morgan fingerprint density at radius 2 is 0.444 bits per heavy atom. The van der Waals surface area contributed by atoms with E-state index in [1.165, 1.54) is 0 Å². The molecule has 0 aromatic carbocycles. The molecule has 0 nitrogen and oxygen atoms in total. The third kappa shape index (κ3) is 3.80. The van der Waals surface area contributed by atoms with Crippen LogP contribution < -0.4 is 0 Å². The Morgan fingerprint density at radius 3 is 0.556 bits per heavy atom. The number of halogens is 1. The molecule has 1 aliphatic carbocycles. The van der Waals surface area contributed by atoms with Crippen molar-refractivity contribution in [3.63, 3.8) is 0 Å². The molecule has 0 spiro atoms. The minimum atomic E-state index is 0. The van der Waals surface area contributed by atoms with E-state index in [1.807, 2.05) is 48.6 Å². The zero-order chi connectivity index (χ0) is 5.66. The van der Waals surface area contributed by atoms with E-state index in [2.05, 4.69) is 0 Å². The average Bonchev–Trinajstić information content (AvgIpc) is 1.62. The summed E-state index contributed by atoms with van der Waals surface area (Å²) in [5, 5.41) is 0. The normalized spacial score (nSPS) is 14.2. The van der Waals surface area contributed by atoms with Crippen molar-refractivity contribution in [2.75, 3.05) is 0 Å². The van der Waals surface area contributed by atoms with Gasteiger partial charge >= 0.3 is 0 Å². The van der Waals surface area contributed by atoms with Gasteiger partial charge in [0.1, 0.15) is 0 Å². The van der Waals surface area contributed by atoms with E-state index >= 15 is 0 Å². The molecule has 0 radical (unpaired) electrons. The largest absolute Gasteiger partial charge is 0.147 e. The van der Waals surface area contributed by atoms with Crippen molar-refractivity contribution in [1.29, 1.82) is 0 Å². The van der Waals surface area contributed by atoms with Gasteiger partial charge in [0, 0.05) is 0 Å². The second-order valence-electron chi connectivity index (χ2n) is 1.54. The van der Waals surface area contributed by atoms with E-state index in [1.54, 1.807) is 0 Å². The molecule has 9 heavy (non-hydrogen) atoms. The van der Waals surface area contributed by atoms with Crippen LogP contribution in [0.1, 0.15) is 0 Å². The van der Waals surface area contributed by atoms with Crippen LogP contribution in [0.25, 0.3) is 0 Å². The highest BCUT2D eigenvalue weighted by molar-refractivity contribution is 5.85. The second kappa shape index (κ2) is 5.39. The molecule has 0 aromatic heterocycles. The summed E-state index contributed by atoms with van der Waals surface area (Å²) in [5.41, 5.74) is 0. The molecule has 0 bridgehead atoms. The lowest BCUT2D eigenvalue weighted by Gasteiger charge is -1.77. The molecular weight excluding hydrogens is 132 g/mol. The Kier molecular flexibility index (Phi) is 4.94. The van der Waals surface area contributed by atoms with Gasteiger partial charge in [-0.3, -0.25) is 0 Å². The highest BCUT2D eigenvalue weighted by Gasteiger charge is 1.65. The first-order valence-electron chi connectivity index (χ1n) is 2.67. The first-order chi connectivity index (χ1) is 4.00. The predicted molar refractivity (Wildman–Crippen MR) is 43.8 cm³/mol. The van der Waals surface area contributed by atoms with Crippen LogP contribution in [0.2, 0.25) is 0 Å². The predicted octanol–water partition coefficient (Wildman–Crippen LogP) is 2.65. The lowest BCUT2D eigenvalue weighted by molar-refractivity contribution is 1.81. The highest BCUT2D eigenvalue weighted by atomic mass is 35.5. The minimum Gasteiger partial charge on any atom is -0.147 e. The number of rotatable bonds is 0. The van der Waals surface area contributed by atoms with E-state index in [9.17, 15) is 0 Å². The molecule has 0 unspecified atom stereocenters. The maximum absolute atomic E-state index is 2.00. The molecule has 0 saturated heterocycles. The molecule has 0 amide bonds. The van der Waals surface area contributed by atoms with Crippen LogP contribution >= 0.6 is 12.4 Å². The summed E-state index contributed by atoms with van der Waals surface area (Å²) in [5.74, 6) is 0. The molecule has 1 rings (SSSR count). The summed E-state index contributed by atoms with van der Waals surface area (Å²) in [6.07, 6.45) is 16.0. The lowest BCUT2D eigenvalue weighted by atomic mass is 10.3. The Balaban J connectivity index is 0.000000640. The fraction of sp³-hybridized carbons (Fsp3) is 0. The van der Waals surface area contributed by atoms with E-state index < -0.39 is 0 Å². The Bertz CT molecular complexity index is 105. The van der Waals surface area contributed by atoms with Crippen molar-refractivity contribution in [1.82, 2.24) is 0 Å². The summed E-state index contributed by atoms with van der Waals surface area (Å²) < 4.78 is 0. The average molecular weight is 141 g/mol. The summed E-state index contributed by atoms with van der Waals surface area (Å²) >= 11 is 0. The molecule has 1 heteroatoms. The number of allylic oxidation sites excluding steroid dienone is 8. The molecule has 0 aromatic rings. The van der Waals surface area contributed by atoms with Gasteiger partial charge in [0.2, 0.25) is 0 Å². The smallest absolute Gasteiger partial charge is 0.0623 e. The maximum atomic E-state index is 2.00. The second-order valence-corrected chi connectivity index (χ2v) is 1.54. The van der Waals surface area contributed by atoms with Gasteiger partial charge in [-0.25, -0.2) is 0 Å². The Labute approximate surface area is 61.7 Å². The first-order valence-corrected chi connectivity index (χ1v) is 2.67. The fourth-order valence-corrected chi connectivity index (χ4v) is 0.513. The molecule has 0 saturated carbocycles. The van der Waals surface area contributed by atoms with Crippen LogP contribution in [0.3, 0.4) is 0 Å². The summed E-state index contributed by atoms with van der Waals surface area (Å²) in [7, 11) is 0. The first kappa shape index (κ1) is 8.25. The van der Waals surface area contributed by atoms with Crippen molar-refractivity contribution in [2.45, 2.75) is 0 Å². The van der Waals surface area contributed by atoms with E-state index in [4.69, 9.17) is 0 Å². The maximum Gasteiger partial charge on any atom is -0.0623 e. The van der Waals surface area contributed by atoms with E-state index in [-0.39, 0.29) is 12.4 Å². The highest BCUT2D eigenvalue weighted by Crippen LogP contribution is 1.87. The van der Waals surface area contributed by atoms with Gasteiger partial charge in [-0.05, 0) is 0 Å². The van der Waals surface area contributed by atoms with Gasteiger partial charge in [0.05, 0.1) is 0 Å². The zero-order valence-electron chi connectivity index (χ0n) is 5.03. The van der Waals surface area contributed by atoms with Gasteiger partial charge in [0.15, 0.2) is 0 Å². The van der Waals surface area contributed by atoms with Crippen molar-refractivity contribution >= 4 is 12.4 Å². The van der Waals surface area contributed by atoms with Gasteiger partial charge in [0.25, 0.3) is 0 Å². The molecule has 0 N–H and O–H groups in total. The molecular formula is C8H9Cl. The summed E-state index contributed by atoms with van der Waals surface area (Å²) in [6, 6.07) is 0. The lowest BCUT2D eigenvalue weighted by Crippen LogP contribution is -1.55. The van der Waals surface area contributed by atoms with Crippen LogP contribution in [0, 0.1) is 0 Å². The van der Waals surface area contributed by atoms with Crippen molar-refractivity contribution in [3.8, 4) is 0 Å². The molecule has 0 heterocycles. The van der Waals surface area contributed by atoms with Crippen molar-refractivity contribution < 1.29 is 0 Å². The number of hydrogen-bond donors (Lipinski definition) is 0. The van der Waals surface area contributed by atoms with E-state index in [0.717, 1.165) is 0 Å². The third-order valence-corrected chi connectivity index (χ3v) is 0.889. The monoisotopic (exact) mass is 140 g/mol. The van der Waals surface area contributed by atoms with Crippen molar-refractivity contribution in [3.05, 3.63) is 48.6 Å². The SMILES string of the molecule is C1=CC=CC=CC=C1.Cl. The fourth-order valence-electron chi connectivity index (χ4n) is 0.513. The Morgan fingerprint density at radius 1 is 0.333 bits per heavy atom. The number of hydrogen-bond acceptors (Lipinski definition) is 0. The van der Waals surface area contributed by atoms with E-state index in [0.29, 0.717) is 0 Å². The molecule has 0 fully saturated rings. The van der Waals surface area contributed by atoms with Crippen LogP contribution in [0.4, 0.5) is 0 Å². The molecule has 48 valence electrons. The van der Waals surface area contributed by atoms with Gasteiger partial charge in [-0.15, -0.1) is 12.4 Å². The standard InChI is InChI=1S/C8H8.ClH/c1-2-4-6-8-7-5-3-1;/h1-8H;1H. The molecule has 0 atom stereocenters.